The molecule has 1 N–H and O–H groups in total. The highest BCUT2D eigenvalue weighted by Gasteiger charge is 2.47. The highest BCUT2D eigenvalue weighted by atomic mass is 16.5. The van der Waals surface area contributed by atoms with Gasteiger partial charge in [0.2, 0.25) is 0 Å². The van der Waals surface area contributed by atoms with E-state index in [1.54, 1.807) is 0 Å². The summed E-state index contributed by atoms with van der Waals surface area (Å²) in [7, 11) is 1.33. The molecule has 108 valence electrons. The van der Waals surface area contributed by atoms with Crippen molar-refractivity contribution in [2.75, 3.05) is 13.7 Å². The van der Waals surface area contributed by atoms with Crippen LogP contribution in [0, 0.1) is 0 Å². The van der Waals surface area contributed by atoms with Gasteiger partial charge in [0.05, 0.1) is 7.11 Å². The number of esters is 1. The predicted octanol–water partition coefficient (Wildman–Crippen LogP) is 1.87. The van der Waals surface area contributed by atoms with Gasteiger partial charge in [0.1, 0.15) is 0 Å². The van der Waals surface area contributed by atoms with Gasteiger partial charge in [-0.2, -0.15) is 0 Å². The second-order valence-corrected chi connectivity index (χ2v) is 5.19. The van der Waals surface area contributed by atoms with Gasteiger partial charge in [-0.3, -0.25) is 10.1 Å². The first kappa shape index (κ1) is 14.7. The molecule has 1 fully saturated rings. The van der Waals surface area contributed by atoms with Gasteiger partial charge in [0.25, 0.3) is 0 Å². The Hall–Kier alpha value is -1.68. The topological polar surface area (TPSA) is 55.4 Å². The number of Topliss-reactive ketones (excluding diaryl/α,β-unsaturated/α-hetero) is 1. The van der Waals surface area contributed by atoms with E-state index in [4.69, 9.17) is 4.74 Å². The minimum atomic E-state index is -1.09. The number of hydrogen-bond acceptors (Lipinski definition) is 4. The van der Waals surface area contributed by atoms with Gasteiger partial charge in [0, 0.05) is 6.42 Å². The van der Waals surface area contributed by atoms with E-state index in [0.717, 1.165) is 19.3 Å². The summed E-state index contributed by atoms with van der Waals surface area (Å²) in [6.45, 7) is 0.694. The summed E-state index contributed by atoms with van der Waals surface area (Å²) in [5, 5.41) is 3.05. The Kier molecular flexibility index (Phi) is 4.90. The summed E-state index contributed by atoms with van der Waals surface area (Å²) in [5.41, 5.74) is 0.123. The van der Waals surface area contributed by atoms with Gasteiger partial charge in [-0.1, -0.05) is 30.3 Å². The number of aryl methyl sites for hydroxylation is 1. The number of nitrogens with one attached hydrogen (secondary N) is 1. The van der Waals surface area contributed by atoms with E-state index in [0.29, 0.717) is 19.4 Å². The molecule has 0 bridgehead atoms. The van der Waals surface area contributed by atoms with Crippen LogP contribution < -0.4 is 5.32 Å². The van der Waals surface area contributed by atoms with E-state index in [9.17, 15) is 9.59 Å². The highest BCUT2D eigenvalue weighted by molar-refractivity contribution is 6.08. The van der Waals surface area contributed by atoms with Gasteiger partial charge in [-0.15, -0.1) is 0 Å². The van der Waals surface area contributed by atoms with Crippen molar-refractivity contribution in [3.05, 3.63) is 35.9 Å². The van der Waals surface area contributed by atoms with Crippen LogP contribution in [0.4, 0.5) is 0 Å². The molecule has 2 rings (SSSR count). The molecule has 0 radical (unpaired) electrons. The number of carbonyl (C=O) groups excluding carboxylic acids is 2. The Morgan fingerprint density at radius 3 is 2.65 bits per heavy atom. The molecule has 1 aromatic rings. The molecule has 1 heterocycles. The monoisotopic (exact) mass is 275 g/mol. The first-order valence-corrected chi connectivity index (χ1v) is 7.10. The van der Waals surface area contributed by atoms with Crippen LogP contribution in [0.2, 0.25) is 0 Å². The first-order valence-electron chi connectivity index (χ1n) is 7.10. The van der Waals surface area contributed by atoms with Crippen molar-refractivity contribution < 1.29 is 14.3 Å². The molecule has 1 atom stereocenters. The smallest absolute Gasteiger partial charge is 0.333 e. The predicted molar refractivity (Wildman–Crippen MR) is 76.4 cm³/mol. The third kappa shape index (κ3) is 3.07. The maximum absolute atomic E-state index is 12.4. The van der Waals surface area contributed by atoms with E-state index in [2.05, 4.69) is 5.32 Å². The van der Waals surface area contributed by atoms with E-state index >= 15 is 0 Å². The lowest BCUT2D eigenvalue weighted by Gasteiger charge is -2.24. The summed E-state index contributed by atoms with van der Waals surface area (Å²) in [4.78, 5) is 24.3. The average molecular weight is 275 g/mol. The molecule has 0 unspecified atom stereocenters. The fourth-order valence-corrected chi connectivity index (χ4v) is 2.76. The molecule has 0 aliphatic carbocycles. The summed E-state index contributed by atoms with van der Waals surface area (Å²) in [5.74, 6) is -0.488. The maximum Gasteiger partial charge on any atom is 0.333 e. The van der Waals surface area contributed by atoms with Crippen molar-refractivity contribution in [3.8, 4) is 0 Å². The number of ketones is 1. The molecular weight excluding hydrogens is 254 g/mol. The molecule has 1 saturated heterocycles. The molecule has 1 aromatic carbocycles. The van der Waals surface area contributed by atoms with Crippen molar-refractivity contribution >= 4 is 11.8 Å². The molecule has 4 heteroatoms. The number of methoxy groups -OCH3 is 1. The lowest BCUT2D eigenvalue weighted by atomic mass is 9.88. The van der Waals surface area contributed by atoms with Crippen LogP contribution in [0.25, 0.3) is 0 Å². The first-order chi connectivity index (χ1) is 9.69. The van der Waals surface area contributed by atoms with Crippen molar-refractivity contribution in [3.63, 3.8) is 0 Å². The maximum atomic E-state index is 12.4. The molecule has 1 aliphatic heterocycles. The molecular formula is C16H21NO3. The third-order valence-electron chi connectivity index (χ3n) is 3.88. The summed E-state index contributed by atoms with van der Waals surface area (Å²) < 4.78 is 4.80. The highest BCUT2D eigenvalue weighted by Crippen LogP contribution is 2.24. The summed E-state index contributed by atoms with van der Waals surface area (Å²) in [6, 6.07) is 10.1. The fraction of sp³-hybridized carbons (Fsp3) is 0.500. The Bertz CT molecular complexity index is 464. The average Bonchev–Trinajstić information content (AvgIpc) is 2.98. The van der Waals surface area contributed by atoms with Gasteiger partial charge in [0.15, 0.2) is 11.3 Å². The zero-order valence-corrected chi connectivity index (χ0v) is 11.9. The molecule has 1 aliphatic rings. The van der Waals surface area contributed by atoms with Crippen LogP contribution >= 0.6 is 0 Å². The van der Waals surface area contributed by atoms with Crippen molar-refractivity contribution in [1.82, 2.24) is 5.32 Å². The number of rotatable bonds is 6. The van der Waals surface area contributed by atoms with Crippen LogP contribution in [0.3, 0.4) is 0 Å². The Morgan fingerprint density at radius 1 is 1.30 bits per heavy atom. The van der Waals surface area contributed by atoms with Crippen molar-refractivity contribution in [2.45, 2.75) is 37.6 Å². The van der Waals surface area contributed by atoms with E-state index in [1.165, 1.54) is 12.7 Å². The Labute approximate surface area is 119 Å². The van der Waals surface area contributed by atoms with Gasteiger partial charge in [-0.05, 0) is 37.8 Å². The van der Waals surface area contributed by atoms with Crippen LogP contribution in [0.15, 0.2) is 30.3 Å². The lowest BCUT2D eigenvalue weighted by Crippen LogP contribution is -2.54. The normalized spacial score (nSPS) is 21.6. The van der Waals surface area contributed by atoms with Crippen LogP contribution in [-0.2, 0) is 20.7 Å². The van der Waals surface area contributed by atoms with E-state index < -0.39 is 11.5 Å². The van der Waals surface area contributed by atoms with E-state index in [1.807, 2.05) is 30.3 Å². The molecule has 4 nitrogen and oxygen atoms in total. The largest absolute Gasteiger partial charge is 0.467 e. The fourth-order valence-electron chi connectivity index (χ4n) is 2.76. The second-order valence-electron chi connectivity index (χ2n) is 5.19. The Morgan fingerprint density at radius 2 is 2.05 bits per heavy atom. The standard InChI is InChI=1S/C16H21NO3/c1-20-15(19)16(11-6-12-17-16)14(18)10-5-9-13-7-3-2-4-8-13/h2-4,7-8,17H,5-6,9-12H2,1H3/t16-/m1/s1. The SMILES string of the molecule is COC(=O)[C@]1(C(=O)CCCc2ccccc2)CCCN1. The quantitative estimate of drug-likeness (QED) is 0.636. The van der Waals surface area contributed by atoms with Gasteiger partial charge in [-0.25, -0.2) is 4.79 Å². The van der Waals surface area contributed by atoms with Gasteiger partial charge >= 0.3 is 5.97 Å². The number of ether oxygens (including phenoxy) is 1. The zero-order chi connectivity index (χ0) is 14.4. The summed E-state index contributed by atoms with van der Waals surface area (Å²) in [6.07, 6.45) is 3.38. The van der Waals surface area contributed by atoms with Crippen LogP contribution in [-0.4, -0.2) is 30.9 Å². The number of benzene rings is 1. The second kappa shape index (κ2) is 6.66. The summed E-state index contributed by atoms with van der Waals surface area (Å²) >= 11 is 0. The van der Waals surface area contributed by atoms with Crippen molar-refractivity contribution in [1.29, 1.82) is 0 Å². The molecule has 0 saturated carbocycles. The van der Waals surface area contributed by atoms with Crippen LogP contribution in [0.5, 0.6) is 0 Å². The number of hydrogen-bond donors (Lipinski definition) is 1. The van der Waals surface area contributed by atoms with Crippen LogP contribution in [0.1, 0.15) is 31.2 Å². The van der Waals surface area contributed by atoms with Crippen molar-refractivity contribution in [2.24, 2.45) is 0 Å². The third-order valence-corrected chi connectivity index (χ3v) is 3.88. The van der Waals surface area contributed by atoms with Gasteiger partial charge < -0.3 is 4.74 Å². The lowest BCUT2D eigenvalue weighted by molar-refractivity contribution is -0.152. The molecule has 0 spiro atoms. The molecule has 0 aromatic heterocycles. The Balaban J connectivity index is 1.91. The zero-order valence-electron chi connectivity index (χ0n) is 11.9. The minimum absolute atomic E-state index is 0.0437. The van der Waals surface area contributed by atoms with E-state index in [-0.39, 0.29) is 5.78 Å². The minimum Gasteiger partial charge on any atom is -0.467 e. The molecule has 20 heavy (non-hydrogen) atoms. The molecule has 0 amide bonds. The number of carbonyl (C=O) groups is 2.